The molecule has 1 heterocycles. The van der Waals surface area contributed by atoms with Crippen LogP contribution in [0.4, 0.5) is 0 Å². The summed E-state index contributed by atoms with van der Waals surface area (Å²) in [6.07, 6.45) is 1.19. The molecule has 0 aromatic carbocycles. The van der Waals surface area contributed by atoms with Gasteiger partial charge in [0.1, 0.15) is 0 Å². The van der Waals surface area contributed by atoms with Gasteiger partial charge in [0, 0.05) is 18.1 Å². The van der Waals surface area contributed by atoms with Crippen LogP contribution in [0.15, 0.2) is 12.7 Å². The molecule has 2 amide bonds. The van der Waals surface area contributed by atoms with Crippen LogP contribution in [0, 0.1) is 0 Å². The standard InChI is InChI=1S/C14H21N3O4S/c1-6-11(19)17(7-2)8-10(18)15-9(3)12-13(20-4)16-22-14(12)21-5/h6,9H,1,7-8H2,2-5H3,(H,15,18). The summed E-state index contributed by atoms with van der Waals surface area (Å²) < 4.78 is 14.5. The second-order valence-corrected chi connectivity index (χ2v) is 5.18. The maximum atomic E-state index is 12.1. The zero-order valence-corrected chi connectivity index (χ0v) is 14.0. The molecular formula is C14H21N3O4S. The number of amides is 2. The number of hydrogen-bond donors (Lipinski definition) is 1. The quantitative estimate of drug-likeness (QED) is 0.730. The molecule has 8 heteroatoms. The molecule has 1 aromatic heterocycles. The van der Waals surface area contributed by atoms with Crippen molar-refractivity contribution in [1.29, 1.82) is 0 Å². The first-order chi connectivity index (χ1) is 10.5. The number of hydrogen-bond acceptors (Lipinski definition) is 6. The lowest BCUT2D eigenvalue weighted by molar-refractivity contribution is -0.132. The monoisotopic (exact) mass is 327 g/mol. The van der Waals surface area contributed by atoms with E-state index in [1.807, 2.05) is 0 Å². The number of ether oxygens (including phenoxy) is 2. The maximum Gasteiger partial charge on any atom is 0.246 e. The molecule has 1 rings (SSSR count). The van der Waals surface area contributed by atoms with Gasteiger partial charge in [-0.05, 0) is 19.9 Å². The third kappa shape index (κ3) is 4.20. The van der Waals surface area contributed by atoms with Gasteiger partial charge in [0.25, 0.3) is 0 Å². The predicted molar refractivity (Wildman–Crippen MR) is 84.2 cm³/mol. The van der Waals surface area contributed by atoms with Crippen LogP contribution >= 0.6 is 11.5 Å². The van der Waals surface area contributed by atoms with Gasteiger partial charge in [0.2, 0.25) is 22.8 Å². The van der Waals surface area contributed by atoms with Crippen LogP contribution in [0.2, 0.25) is 0 Å². The molecule has 122 valence electrons. The Balaban J connectivity index is 2.77. The van der Waals surface area contributed by atoms with E-state index in [-0.39, 0.29) is 24.4 Å². The molecule has 0 saturated carbocycles. The van der Waals surface area contributed by atoms with Gasteiger partial charge < -0.3 is 19.7 Å². The highest BCUT2D eigenvalue weighted by molar-refractivity contribution is 7.08. The van der Waals surface area contributed by atoms with E-state index in [1.165, 1.54) is 25.2 Å². The fraction of sp³-hybridized carbons (Fsp3) is 0.500. The van der Waals surface area contributed by atoms with Crippen molar-refractivity contribution < 1.29 is 19.1 Å². The number of carbonyl (C=O) groups is 2. The second-order valence-electron chi connectivity index (χ2n) is 4.44. The van der Waals surface area contributed by atoms with Crippen molar-refractivity contribution in [2.75, 3.05) is 27.3 Å². The lowest BCUT2D eigenvalue weighted by Crippen LogP contribution is -2.40. The Bertz CT molecular complexity index is 523. The molecule has 0 aliphatic carbocycles. The van der Waals surface area contributed by atoms with E-state index in [0.29, 0.717) is 23.1 Å². The molecule has 0 aliphatic rings. The molecule has 7 nitrogen and oxygen atoms in total. The number of nitrogens with zero attached hydrogens (tertiary/aromatic N) is 2. The van der Waals surface area contributed by atoms with E-state index in [9.17, 15) is 9.59 Å². The Labute approximate surface area is 134 Å². The van der Waals surface area contributed by atoms with Gasteiger partial charge >= 0.3 is 0 Å². The molecule has 0 saturated heterocycles. The number of carbonyl (C=O) groups excluding carboxylic acids is 2. The topological polar surface area (TPSA) is 80.8 Å². The summed E-state index contributed by atoms with van der Waals surface area (Å²) in [4.78, 5) is 25.1. The first-order valence-corrected chi connectivity index (χ1v) is 7.54. The third-order valence-electron chi connectivity index (χ3n) is 3.05. The van der Waals surface area contributed by atoms with Crippen LogP contribution in [0.5, 0.6) is 10.9 Å². The van der Waals surface area contributed by atoms with E-state index in [4.69, 9.17) is 9.47 Å². The van der Waals surface area contributed by atoms with E-state index >= 15 is 0 Å². The molecule has 1 N–H and O–H groups in total. The summed E-state index contributed by atoms with van der Waals surface area (Å²) in [7, 11) is 3.04. The highest BCUT2D eigenvalue weighted by Crippen LogP contribution is 2.37. The lowest BCUT2D eigenvalue weighted by Gasteiger charge is -2.20. The highest BCUT2D eigenvalue weighted by Gasteiger charge is 2.23. The van der Waals surface area contributed by atoms with Crippen LogP contribution < -0.4 is 14.8 Å². The lowest BCUT2D eigenvalue weighted by atomic mass is 10.1. The first-order valence-electron chi connectivity index (χ1n) is 6.76. The molecule has 0 spiro atoms. The largest absolute Gasteiger partial charge is 0.486 e. The summed E-state index contributed by atoms with van der Waals surface area (Å²) in [5.74, 6) is -0.137. The Morgan fingerprint density at radius 3 is 2.64 bits per heavy atom. The molecule has 1 aromatic rings. The summed E-state index contributed by atoms with van der Waals surface area (Å²) in [5, 5.41) is 3.40. The Hall–Kier alpha value is -2.09. The van der Waals surface area contributed by atoms with E-state index < -0.39 is 0 Å². The normalized spacial score (nSPS) is 11.5. The van der Waals surface area contributed by atoms with Crippen molar-refractivity contribution in [2.45, 2.75) is 19.9 Å². The number of rotatable bonds is 8. The SMILES string of the molecule is C=CC(=O)N(CC)CC(=O)NC(C)c1c(OC)nsc1OC. The van der Waals surface area contributed by atoms with Crippen molar-refractivity contribution in [3.05, 3.63) is 18.2 Å². The van der Waals surface area contributed by atoms with E-state index in [2.05, 4.69) is 16.3 Å². The van der Waals surface area contributed by atoms with Gasteiger partial charge in [0.05, 0.1) is 32.4 Å². The van der Waals surface area contributed by atoms with Crippen molar-refractivity contribution in [1.82, 2.24) is 14.6 Å². The molecule has 1 unspecified atom stereocenters. The van der Waals surface area contributed by atoms with Crippen LogP contribution in [-0.2, 0) is 9.59 Å². The van der Waals surface area contributed by atoms with Crippen LogP contribution in [-0.4, -0.2) is 48.4 Å². The Morgan fingerprint density at radius 2 is 2.14 bits per heavy atom. The Kier molecular flexibility index (Phi) is 6.84. The van der Waals surface area contributed by atoms with Gasteiger partial charge in [-0.1, -0.05) is 6.58 Å². The van der Waals surface area contributed by atoms with Crippen molar-refractivity contribution in [2.24, 2.45) is 0 Å². The van der Waals surface area contributed by atoms with Crippen LogP contribution in [0.3, 0.4) is 0 Å². The fourth-order valence-corrected chi connectivity index (χ4v) is 2.71. The maximum absolute atomic E-state index is 12.1. The fourth-order valence-electron chi connectivity index (χ4n) is 1.93. The smallest absolute Gasteiger partial charge is 0.246 e. The number of methoxy groups -OCH3 is 2. The minimum absolute atomic E-state index is 0.0338. The van der Waals surface area contributed by atoms with Gasteiger partial charge in [-0.2, -0.15) is 4.37 Å². The van der Waals surface area contributed by atoms with Crippen LogP contribution in [0.1, 0.15) is 25.5 Å². The zero-order chi connectivity index (χ0) is 16.7. The van der Waals surface area contributed by atoms with Crippen molar-refractivity contribution >= 4 is 23.3 Å². The first kappa shape index (κ1) is 18.0. The second kappa shape index (κ2) is 8.38. The summed E-state index contributed by atoms with van der Waals surface area (Å²) in [6.45, 7) is 7.42. The van der Waals surface area contributed by atoms with Crippen LogP contribution in [0.25, 0.3) is 0 Å². The molecule has 0 aliphatic heterocycles. The average Bonchev–Trinajstić information content (AvgIpc) is 2.94. The molecule has 0 radical (unpaired) electrons. The number of likely N-dealkylation sites (N-methyl/N-ethyl adjacent to an activating group) is 1. The molecular weight excluding hydrogens is 306 g/mol. The average molecular weight is 327 g/mol. The molecule has 0 fully saturated rings. The van der Waals surface area contributed by atoms with E-state index in [0.717, 1.165) is 11.5 Å². The molecule has 1 atom stereocenters. The van der Waals surface area contributed by atoms with Crippen molar-refractivity contribution in [3.8, 4) is 10.9 Å². The van der Waals surface area contributed by atoms with Gasteiger partial charge in [-0.15, -0.1) is 0 Å². The van der Waals surface area contributed by atoms with Gasteiger partial charge in [0.15, 0.2) is 0 Å². The van der Waals surface area contributed by atoms with Gasteiger partial charge in [-0.25, -0.2) is 0 Å². The summed E-state index contributed by atoms with van der Waals surface area (Å²) in [6, 6.07) is -0.353. The predicted octanol–water partition coefficient (Wildman–Crippen LogP) is 1.37. The van der Waals surface area contributed by atoms with Gasteiger partial charge in [-0.3, -0.25) is 9.59 Å². The third-order valence-corrected chi connectivity index (χ3v) is 3.86. The summed E-state index contributed by atoms with van der Waals surface area (Å²) in [5.41, 5.74) is 0.682. The number of aromatic nitrogens is 1. The minimum Gasteiger partial charge on any atom is -0.486 e. The zero-order valence-electron chi connectivity index (χ0n) is 13.2. The Morgan fingerprint density at radius 1 is 1.45 bits per heavy atom. The highest BCUT2D eigenvalue weighted by atomic mass is 32.1. The van der Waals surface area contributed by atoms with Crippen molar-refractivity contribution in [3.63, 3.8) is 0 Å². The minimum atomic E-state index is -0.353. The summed E-state index contributed by atoms with van der Waals surface area (Å²) >= 11 is 1.16. The number of nitrogens with one attached hydrogen (secondary N) is 1. The molecule has 0 bridgehead atoms. The van der Waals surface area contributed by atoms with E-state index in [1.54, 1.807) is 13.8 Å². The molecule has 22 heavy (non-hydrogen) atoms.